The summed E-state index contributed by atoms with van der Waals surface area (Å²) in [6.07, 6.45) is 1.64. The van der Waals surface area contributed by atoms with Gasteiger partial charge in [-0.15, -0.1) is 0 Å². The number of benzene rings is 2. The van der Waals surface area contributed by atoms with Crippen LogP contribution in [0.3, 0.4) is 0 Å². The van der Waals surface area contributed by atoms with Crippen molar-refractivity contribution in [1.82, 2.24) is 4.98 Å². The summed E-state index contributed by atoms with van der Waals surface area (Å²) in [6.45, 7) is 0. The molecule has 0 radical (unpaired) electrons. The third-order valence-corrected chi connectivity index (χ3v) is 4.96. The van der Waals surface area contributed by atoms with Gasteiger partial charge in [0.2, 0.25) is 5.54 Å². The van der Waals surface area contributed by atoms with Crippen molar-refractivity contribution in [2.45, 2.75) is 11.6 Å². The lowest BCUT2D eigenvalue weighted by atomic mass is 9.95. The molecule has 1 aromatic heterocycles. The van der Waals surface area contributed by atoms with E-state index in [4.69, 9.17) is 9.47 Å². The molecule has 2 aromatic carbocycles. The van der Waals surface area contributed by atoms with Crippen LogP contribution in [0.25, 0.3) is 10.8 Å². The number of fused-ring (bicyclic) bond motifs is 1. The molecule has 1 aliphatic heterocycles. The maximum absolute atomic E-state index is 13.0. The molecule has 2 atom stereocenters. The lowest BCUT2D eigenvalue weighted by molar-refractivity contribution is -0.147. The highest BCUT2D eigenvalue weighted by Gasteiger charge is 2.75. The van der Waals surface area contributed by atoms with Crippen LogP contribution < -0.4 is 4.90 Å². The molecule has 0 unspecified atom stereocenters. The number of methoxy groups -OCH3 is 2. The van der Waals surface area contributed by atoms with Crippen LogP contribution in [0.5, 0.6) is 0 Å². The van der Waals surface area contributed by atoms with Crippen molar-refractivity contribution in [3.05, 3.63) is 72.6 Å². The Morgan fingerprint density at radius 3 is 2.37 bits per heavy atom. The minimum Gasteiger partial charge on any atom is -0.467 e. The van der Waals surface area contributed by atoms with Gasteiger partial charge >= 0.3 is 11.9 Å². The van der Waals surface area contributed by atoms with Crippen molar-refractivity contribution in [2.75, 3.05) is 19.1 Å². The maximum Gasteiger partial charge on any atom is 0.340 e. The van der Waals surface area contributed by atoms with Gasteiger partial charge in [0.05, 0.1) is 19.9 Å². The molecular formula is C21H18N2O4. The highest BCUT2D eigenvalue weighted by atomic mass is 16.5. The molecule has 6 nitrogen and oxygen atoms in total. The Labute approximate surface area is 156 Å². The molecule has 0 aliphatic carbocycles. The number of para-hydroxylation sites is 1. The van der Waals surface area contributed by atoms with Gasteiger partial charge < -0.3 is 14.4 Å². The second-order valence-corrected chi connectivity index (χ2v) is 6.27. The first-order valence-electron chi connectivity index (χ1n) is 8.51. The van der Waals surface area contributed by atoms with Crippen LogP contribution >= 0.6 is 0 Å². The van der Waals surface area contributed by atoms with Gasteiger partial charge in [-0.3, -0.25) is 4.98 Å². The van der Waals surface area contributed by atoms with Crippen molar-refractivity contribution in [3.63, 3.8) is 0 Å². The summed E-state index contributed by atoms with van der Waals surface area (Å²) < 4.78 is 10.1. The molecule has 4 rings (SSSR count). The Kier molecular flexibility index (Phi) is 4.03. The zero-order chi connectivity index (χ0) is 19.0. The van der Waals surface area contributed by atoms with Gasteiger partial charge in [-0.1, -0.05) is 42.5 Å². The van der Waals surface area contributed by atoms with E-state index in [1.54, 1.807) is 11.1 Å². The molecular weight excluding hydrogens is 344 g/mol. The molecule has 136 valence electrons. The standard InChI is InChI=1S/C21H18N2O4/c1-26-19(24)18-21(20(25)27-2,23(18)15-9-4-3-5-10-15)17-16-11-7-6-8-14(16)12-13-22-17/h3-13,18H,1-2H3/t18-,21+,23?/m0/s1. The second kappa shape index (κ2) is 6.39. The third-order valence-electron chi connectivity index (χ3n) is 4.96. The van der Waals surface area contributed by atoms with Crippen molar-refractivity contribution < 1.29 is 19.1 Å². The number of nitrogens with zero attached hydrogens (tertiary/aromatic N) is 2. The van der Waals surface area contributed by atoms with Crippen molar-refractivity contribution in [3.8, 4) is 0 Å². The molecule has 0 spiro atoms. The predicted octanol–water partition coefficient (Wildman–Crippen LogP) is 2.66. The van der Waals surface area contributed by atoms with Crippen molar-refractivity contribution in [1.29, 1.82) is 0 Å². The highest BCUT2D eigenvalue weighted by Crippen LogP contribution is 2.54. The van der Waals surface area contributed by atoms with E-state index in [0.29, 0.717) is 11.4 Å². The number of esters is 2. The number of ether oxygens (including phenoxy) is 2. The Morgan fingerprint density at radius 1 is 0.963 bits per heavy atom. The van der Waals surface area contributed by atoms with Crippen LogP contribution in [0.2, 0.25) is 0 Å². The second-order valence-electron chi connectivity index (χ2n) is 6.27. The largest absolute Gasteiger partial charge is 0.467 e. The Bertz CT molecular complexity index is 1020. The lowest BCUT2D eigenvalue weighted by Crippen LogP contribution is -2.32. The van der Waals surface area contributed by atoms with E-state index >= 15 is 0 Å². The Balaban J connectivity index is 2.00. The van der Waals surface area contributed by atoms with Gasteiger partial charge in [-0.25, -0.2) is 9.59 Å². The average Bonchev–Trinajstić information content (AvgIpc) is 3.43. The number of anilines is 1. The van der Waals surface area contributed by atoms with E-state index in [1.807, 2.05) is 60.7 Å². The topological polar surface area (TPSA) is 68.5 Å². The fraction of sp³-hybridized carbons (Fsp3) is 0.190. The lowest BCUT2D eigenvalue weighted by Gasteiger charge is -2.17. The number of pyridine rings is 1. The molecule has 1 fully saturated rings. The number of hydrogen-bond acceptors (Lipinski definition) is 6. The smallest absolute Gasteiger partial charge is 0.340 e. The van der Waals surface area contributed by atoms with Gasteiger partial charge in [0.15, 0.2) is 6.04 Å². The monoisotopic (exact) mass is 362 g/mol. The van der Waals surface area contributed by atoms with Crippen LogP contribution in [0.15, 0.2) is 66.9 Å². The quantitative estimate of drug-likeness (QED) is 0.525. The predicted molar refractivity (Wildman–Crippen MR) is 100 cm³/mol. The fourth-order valence-corrected chi connectivity index (χ4v) is 3.75. The minimum absolute atomic E-state index is 0.478. The highest BCUT2D eigenvalue weighted by molar-refractivity contribution is 6.08. The summed E-state index contributed by atoms with van der Waals surface area (Å²) >= 11 is 0. The molecule has 0 saturated carbocycles. The zero-order valence-electron chi connectivity index (χ0n) is 15.0. The van der Waals surface area contributed by atoms with Gasteiger partial charge in [-0.2, -0.15) is 0 Å². The third kappa shape index (κ3) is 2.37. The normalized spacial score (nSPS) is 21.0. The summed E-state index contributed by atoms with van der Waals surface area (Å²) in [5, 5.41) is 1.71. The first-order chi connectivity index (χ1) is 13.2. The summed E-state index contributed by atoms with van der Waals surface area (Å²) in [7, 11) is 2.62. The number of carbonyl (C=O) groups excluding carboxylic acids is 2. The van der Waals surface area contributed by atoms with E-state index in [2.05, 4.69) is 4.98 Å². The van der Waals surface area contributed by atoms with Crippen molar-refractivity contribution >= 4 is 28.4 Å². The number of hydrogen-bond donors (Lipinski definition) is 0. The summed E-state index contributed by atoms with van der Waals surface area (Å²) in [4.78, 5) is 31.9. The zero-order valence-corrected chi connectivity index (χ0v) is 15.0. The average molecular weight is 362 g/mol. The van der Waals surface area contributed by atoms with E-state index < -0.39 is 23.5 Å². The first-order valence-corrected chi connectivity index (χ1v) is 8.51. The van der Waals surface area contributed by atoms with Gasteiger partial charge in [0.25, 0.3) is 0 Å². The van der Waals surface area contributed by atoms with Crippen LogP contribution in [0.1, 0.15) is 5.69 Å². The maximum atomic E-state index is 13.0. The van der Waals surface area contributed by atoms with Gasteiger partial charge in [0, 0.05) is 17.3 Å². The summed E-state index contributed by atoms with van der Waals surface area (Å²) in [6, 6.07) is 17.9. The van der Waals surface area contributed by atoms with Crippen LogP contribution in [0, 0.1) is 0 Å². The first kappa shape index (κ1) is 17.0. The number of aromatic nitrogens is 1. The van der Waals surface area contributed by atoms with E-state index in [0.717, 1.165) is 10.8 Å². The Morgan fingerprint density at radius 2 is 1.67 bits per heavy atom. The number of rotatable bonds is 4. The summed E-state index contributed by atoms with van der Waals surface area (Å²) in [5.74, 6) is -1.07. The van der Waals surface area contributed by atoms with Gasteiger partial charge in [0.1, 0.15) is 0 Å². The SMILES string of the molecule is COC(=O)[C@@H]1N(c2ccccc2)[C@]1(C(=O)OC)c1nccc2ccccc12. The molecule has 1 saturated heterocycles. The molecule has 6 heteroatoms. The molecule has 0 N–H and O–H groups in total. The van der Waals surface area contributed by atoms with E-state index in [9.17, 15) is 9.59 Å². The molecule has 3 aromatic rings. The summed E-state index contributed by atoms with van der Waals surface area (Å²) in [5.41, 5.74) is -0.177. The van der Waals surface area contributed by atoms with Crippen LogP contribution in [-0.2, 0) is 24.6 Å². The molecule has 0 bridgehead atoms. The molecule has 2 heterocycles. The van der Waals surface area contributed by atoms with E-state index in [1.165, 1.54) is 14.2 Å². The fourth-order valence-electron chi connectivity index (χ4n) is 3.75. The molecule has 1 aliphatic rings. The molecule has 0 amide bonds. The van der Waals surface area contributed by atoms with E-state index in [-0.39, 0.29) is 0 Å². The van der Waals surface area contributed by atoms with Gasteiger partial charge in [-0.05, 0) is 23.6 Å². The number of carbonyl (C=O) groups is 2. The Hall–Kier alpha value is -3.41. The van der Waals surface area contributed by atoms with Crippen LogP contribution in [0.4, 0.5) is 5.69 Å². The van der Waals surface area contributed by atoms with Crippen molar-refractivity contribution in [2.24, 2.45) is 0 Å². The van der Waals surface area contributed by atoms with Crippen LogP contribution in [-0.4, -0.2) is 37.2 Å². The minimum atomic E-state index is -1.37. The molecule has 27 heavy (non-hydrogen) atoms.